The summed E-state index contributed by atoms with van der Waals surface area (Å²) in [6.07, 6.45) is 1.51. The van der Waals surface area contributed by atoms with Gasteiger partial charge in [0.2, 0.25) is 0 Å². The van der Waals surface area contributed by atoms with Crippen molar-refractivity contribution in [2.45, 2.75) is 32.5 Å². The lowest BCUT2D eigenvalue weighted by molar-refractivity contribution is 0.0344. The van der Waals surface area contributed by atoms with Crippen molar-refractivity contribution < 1.29 is 19.4 Å². The second kappa shape index (κ2) is 15.5. The Morgan fingerprint density at radius 3 is 2.50 bits per heavy atom. The van der Waals surface area contributed by atoms with E-state index in [-0.39, 0.29) is 36.5 Å². The third-order valence-electron chi connectivity index (χ3n) is 8.90. The first-order valence-electron chi connectivity index (χ1n) is 16.6. The highest BCUT2D eigenvalue weighted by molar-refractivity contribution is 7.13. The number of benzene rings is 4. The third-order valence-corrected chi connectivity index (χ3v) is 9.73. The number of para-hydroxylation sites is 3. The molecule has 11 heteroatoms. The van der Waals surface area contributed by atoms with Crippen LogP contribution in [-0.4, -0.2) is 70.6 Å². The molecule has 0 fully saturated rings. The van der Waals surface area contributed by atoms with Gasteiger partial charge in [-0.2, -0.15) is 0 Å². The zero-order chi connectivity index (χ0) is 35.2. The number of aromatic nitrogens is 1. The normalized spacial score (nSPS) is 16.6. The molecule has 5 N–H and O–H groups in total. The summed E-state index contributed by atoms with van der Waals surface area (Å²) in [5, 5.41) is 19.3. The molecule has 50 heavy (non-hydrogen) atoms. The number of nitrogen functional groups attached to an aromatic ring is 1. The van der Waals surface area contributed by atoms with E-state index in [0.717, 1.165) is 21.8 Å². The van der Waals surface area contributed by atoms with E-state index in [0.29, 0.717) is 53.6 Å². The zero-order valence-electron chi connectivity index (χ0n) is 28.4. The minimum Gasteiger partial charge on any atom is -0.486 e. The number of carbonyl (C=O) groups excluding carboxylic acids is 2. The van der Waals surface area contributed by atoms with Gasteiger partial charge >= 0.3 is 0 Å². The fourth-order valence-corrected chi connectivity index (χ4v) is 6.67. The number of aliphatic hydroxyl groups excluding tert-OH is 1. The van der Waals surface area contributed by atoms with Gasteiger partial charge in [0.15, 0.2) is 5.75 Å². The molecule has 258 valence electrons. The van der Waals surface area contributed by atoms with Crippen LogP contribution in [-0.2, 0) is 6.54 Å². The molecule has 0 saturated heterocycles. The topological polar surface area (TPSA) is 133 Å². The van der Waals surface area contributed by atoms with E-state index in [1.807, 2.05) is 92.1 Å². The standard InChI is InChI=1S/C39H42N6O4S/c1-25-21-45(26(2)24-46)39(48)31-7-6-10-34(42-30-17-15-29(16-18-30)38-41-19-20-50-38)36(31)49-35(25)23-44(3)22-27-11-13-28(14-12-27)37(47)43-33-9-5-4-8-32(33)40/h4-20,25-26,35,42,46H,21-24,40H2,1-3H3,(H,43,47)/t25-,26-,35-/m1/s1. The molecule has 5 aromatic rings. The van der Waals surface area contributed by atoms with Crippen LogP contribution in [0.2, 0.25) is 0 Å². The molecule has 0 spiro atoms. The lowest BCUT2D eigenvalue weighted by atomic mass is 9.98. The van der Waals surface area contributed by atoms with Crippen molar-refractivity contribution >= 4 is 45.9 Å². The monoisotopic (exact) mass is 690 g/mol. The molecule has 0 unspecified atom stereocenters. The molecule has 1 aromatic heterocycles. The Kier molecular flexibility index (Phi) is 10.8. The van der Waals surface area contributed by atoms with Crippen molar-refractivity contribution in [3.63, 3.8) is 0 Å². The highest BCUT2D eigenvalue weighted by Crippen LogP contribution is 2.37. The molecule has 1 aliphatic rings. The van der Waals surface area contributed by atoms with Crippen molar-refractivity contribution in [1.29, 1.82) is 0 Å². The number of amides is 2. The predicted molar refractivity (Wildman–Crippen MR) is 200 cm³/mol. The van der Waals surface area contributed by atoms with Gasteiger partial charge in [0.25, 0.3) is 11.8 Å². The Bertz CT molecular complexity index is 1920. The summed E-state index contributed by atoms with van der Waals surface area (Å²) in [4.78, 5) is 35.1. The van der Waals surface area contributed by atoms with Crippen molar-refractivity contribution in [2.75, 3.05) is 43.1 Å². The number of thiazole rings is 1. The Labute approximate surface area is 296 Å². The Balaban J connectivity index is 1.20. The largest absolute Gasteiger partial charge is 0.486 e. The predicted octanol–water partition coefficient (Wildman–Crippen LogP) is 6.74. The molecule has 0 saturated carbocycles. The quantitative estimate of drug-likeness (QED) is 0.112. The van der Waals surface area contributed by atoms with Crippen LogP contribution < -0.4 is 21.1 Å². The number of nitrogens with two attached hydrogens (primary N) is 1. The number of aliphatic hydroxyl groups is 1. The summed E-state index contributed by atoms with van der Waals surface area (Å²) < 4.78 is 6.81. The van der Waals surface area contributed by atoms with Gasteiger partial charge in [-0.25, -0.2) is 4.98 Å². The first-order valence-corrected chi connectivity index (χ1v) is 17.5. The van der Waals surface area contributed by atoms with Crippen molar-refractivity contribution in [1.82, 2.24) is 14.8 Å². The molecular weight excluding hydrogens is 649 g/mol. The summed E-state index contributed by atoms with van der Waals surface area (Å²) in [5.74, 6) is 0.0260. The van der Waals surface area contributed by atoms with Gasteiger partial charge in [-0.05, 0) is 80.2 Å². The highest BCUT2D eigenvalue weighted by atomic mass is 32.1. The average molecular weight is 691 g/mol. The SMILES string of the molecule is C[C@@H]1CN([C@H](C)CO)C(=O)c2cccc(Nc3ccc(-c4nccs4)cc3)c2O[C@@H]1CN(C)Cc1ccc(C(=O)Nc2ccccc2N)cc1. The molecule has 10 nitrogen and oxygen atoms in total. The number of ether oxygens (including phenoxy) is 1. The van der Waals surface area contributed by atoms with Crippen LogP contribution in [0.1, 0.15) is 40.1 Å². The summed E-state index contributed by atoms with van der Waals surface area (Å²) >= 11 is 1.59. The lowest BCUT2D eigenvalue weighted by Gasteiger charge is -2.38. The van der Waals surface area contributed by atoms with Crippen LogP contribution in [0.5, 0.6) is 5.75 Å². The molecular formula is C39H42N6O4S. The summed E-state index contributed by atoms with van der Waals surface area (Å²) in [7, 11) is 2.03. The second-order valence-electron chi connectivity index (χ2n) is 12.8. The summed E-state index contributed by atoms with van der Waals surface area (Å²) in [5.41, 5.74) is 11.7. The Morgan fingerprint density at radius 2 is 1.80 bits per heavy atom. The van der Waals surface area contributed by atoms with Crippen molar-refractivity contribution in [3.8, 4) is 16.3 Å². The van der Waals surface area contributed by atoms with Crippen LogP contribution in [0.25, 0.3) is 10.6 Å². The lowest BCUT2D eigenvalue weighted by Crippen LogP contribution is -2.49. The van der Waals surface area contributed by atoms with E-state index < -0.39 is 0 Å². The number of hydrogen-bond acceptors (Lipinski definition) is 9. The van der Waals surface area contributed by atoms with Gasteiger partial charge in [0, 0.05) is 53.9 Å². The van der Waals surface area contributed by atoms with Crippen LogP contribution in [0, 0.1) is 5.92 Å². The zero-order valence-corrected chi connectivity index (χ0v) is 29.2. The van der Waals surface area contributed by atoms with E-state index >= 15 is 0 Å². The van der Waals surface area contributed by atoms with Crippen molar-refractivity contribution in [3.05, 3.63) is 119 Å². The molecule has 1 aliphatic heterocycles. The first-order chi connectivity index (χ1) is 24.2. The molecule has 0 bridgehead atoms. The van der Waals surface area contributed by atoms with Crippen LogP contribution in [0.3, 0.4) is 0 Å². The maximum atomic E-state index is 13.9. The maximum absolute atomic E-state index is 13.9. The minimum absolute atomic E-state index is 0.0503. The van der Waals surface area contributed by atoms with E-state index in [1.54, 1.807) is 40.6 Å². The molecule has 0 radical (unpaired) electrons. The molecule has 6 rings (SSSR count). The van der Waals surface area contributed by atoms with E-state index in [2.05, 4.69) is 27.4 Å². The molecule has 3 atom stereocenters. The Morgan fingerprint density at radius 1 is 1.06 bits per heavy atom. The molecule has 0 aliphatic carbocycles. The highest BCUT2D eigenvalue weighted by Gasteiger charge is 2.34. The van der Waals surface area contributed by atoms with Gasteiger partial charge in [-0.3, -0.25) is 14.5 Å². The van der Waals surface area contributed by atoms with Crippen LogP contribution in [0.15, 0.2) is 103 Å². The first kappa shape index (κ1) is 34.6. The minimum atomic E-state index is -0.363. The summed E-state index contributed by atoms with van der Waals surface area (Å²) in [6.45, 7) is 5.42. The van der Waals surface area contributed by atoms with Gasteiger partial charge in [0.05, 0.1) is 35.3 Å². The number of likely N-dealkylation sites (N-methyl/N-ethyl adjacent to an activating group) is 1. The number of fused-ring (bicyclic) bond motifs is 1. The van der Waals surface area contributed by atoms with Gasteiger partial charge in [0.1, 0.15) is 11.1 Å². The number of hydrogen-bond donors (Lipinski definition) is 4. The smallest absolute Gasteiger partial charge is 0.258 e. The number of rotatable bonds is 11. The number of nitrogens with zero attached hydrogens (tertiary/aromatic N) is 3. The maximum Gasteiger partial charge on any atom is 0.258 e. The number of nitrogens with one attached hydrogen (secondary N) is 2. The van der Waals surface area contributed by atoms with Crippen molar-refractivity contribution in [2.24, 2.45) is 5.92 Å². The van der Waals surface area contributed by atoms with E-state index in [1.165, 1.54) is 0 Å². The Hall–Kier alpha value is -5.23. The molecule has 4 aromatic carbocycles. The fourth-order valence-electron chi connectivity index (χ4n) is 6.03. The van der Waals surface area contributed by atoms with Gasteiger partial charge in [-0.15, -0.1) is 11.3 Å². The fraction of sp³-hybridized carbons (Fsp3) is 0.256. The van der Waals surface area contributed by atoms with Gasteiger partial charge in [-0.1, -0.05) is 37.3 Å². The third kappa shape index (κ3) is 7.97. The van der Waals surface area contributed by atoms with Crippen LogP contribution in [0.4, 0.5) is 22.7 Å². The van der Waals surface area contributed by atoms with Crippen LogP contribution >= 0.6 is 11.3 Å². The second-order valence-corrected chi connectivity index (χ2v) is 13.7. The average Bonchev–Trinajstić information content (AvgIpc) is 3.67. The van der Waals surface area contributed by atoms with E-state index in [9.17, 15) is 14.7 Å². The number of carbonyl (C=O) groups is 2. The molecule has 2 heterocycles. The van der Waals surface area contributed by atoms with Gasteiger partial charge < -0.3 is 31.1 Å². The summed E-state index contributed by atoms with van der Waals surface area (Å²) in [6, 6.07) is 27.9. The van der Waals surface area contributed by atoms with E-state index in [4.69, 9.17) is 10.5 Å². The number of anilines is 4. The molecule has 2 amide bonds.